The molecular formula is C22H31N3O5S. The van der Waals surface area contributed by atoms with Crippen LogP contribution in [-0.2, 0) is 19.6 Å². The molecule has 170 valence electrons. The molecule has 2 heterocycles. The molecule has 1 aromatic carbocycles. The minimum atomic E-state index is -3.79. The summed E-state index contributed by atoms with van der Waals surface area (Å²) < 4.78 is 33.8. The Morgan fingerprint density at radius 2 is 1.90 bits per heavy atom. The van der Waals surface area contributed by atoms with Crippen LogP contribution < -0.4 is 10.1 Å². The molecule has 0 aromatic heterocycles. The lowest BCUT2D eigenvalue weighted by molar-refractivity contribution is -0.138. The maximum Gasteiger partial charge on any atom is 0.262 e. The summed E-state index contributed by atoms with van der Waals surface area (Å²) in [7, 11) is -1.92. The second-order valence-corrected chi connectivity index (χ2v) is 10.8. The van der Waals surface area contributed by atoms with Gasteiger partial charge in [-0.25, -0.2) is 8.42 Å². The van der Waals surface area contributed by atoms with Crippen molar-refractivity contribution in [2.75, 3.05) is 32.1 Å². The predicted octanol–water partition coefficient (Wildman–Crippen LogP) is 2.52. The van der Waals surface area contributed by atoms with E-state index in [-0.39, 0.29) is 41.8 Å². The zero-order chi connectivity index (χ0) is 22.2. The monoisotopic (exact) mass is 449 g/mol. The molecule has 2 fully saturated rings. The standard InChI is InChI=1S/C22H31N3O5S/c1-15-11-18-19(30-14-21(26)23-18)12-20(15)31(28,29)25-10-6-7-16(13-25)22(27)24(2)17-8-4-3-5-9-17/h11-12,16-17H,3-10,13-14H2,1-2H3,(H,23,26)/t16-/m0/s1. The lowest BCUT2D eigenvalue weighted by atomic mass is 9.92. The molecule has 0 spiro atoms. The van der Waals surface area contributed by atoms with Gasteiger partial charge in [-0.1, -0.05) is 19.3 Å². The summed E-state index contributed by atoms with van der Waals surface area (Å²) in [4.78, 5) is 26.7. The van der Waals surface area contributed by atoms with Gasteiger partial charge < -0.3 is 15.0 Å². The summed E-state index contributed by atoms with van der Waals surface area (Å²) in [6.45, 7) is 2.17. The minimum Gasteiger partial charge on any atom is -0.482 e. The van der Waals surface area contributed by atoms with E-state index in [1.54, 1.807) is 13.0 Å². The number of sulfonamides is 1. The Labute approximate surface area is 184 Å². The van der Waals surface area contributed by atoms with E-state index in [9.17, 15) is 18.0 Å². The quantitative estimate of drug-likeness (QED) is 0.762. The molecule has 3 aliphatic rings. The van der Waals surface area contributed by atoms with Crippen molar-refractivity contribution in [2.45, 2.75) is 62.8 Å². The average molecular weight is 450 g/mol. The minimum absolute atomic E-state index is 0.0556. The second kappa shape index (κ2) is 8.78. The van der Waals surface area contributed by atoms with Crippen molar-refractivity contribution >= 4 is 27.5 Å². The fourth-order valence-electron chi connectivity index (χ4n) is 4.93. The molecule has 9 heteroatoms. The van der Waals surface area contributed by atoms with Crippen LogP contribution in [0.4, 0.5) is 5.69 Å². The van der Waals surface area contributed by atoms with Gasteiger partial charge in [0.2, 0.25) is 15.9 Å². The molecule has 8 nitrogen and oxygen atoms in total. The van der Waals surface area contributed by atoms with Gasteiger partial charge in [-0.15, -0.1) is 0 Å². The van der Waals surface area contributed by atoms with Crippen molar-refractivity contribution < 1.29 is 22.7 Å². The number of hydrogen-bond acceptors (Lipinski definition) is 5. The maximum absolute atomic E-state index is 13.5. The highest BCUT2D eigenvalue weighted by molar-refractivity contribution is 7.89. The van der Waals surface area contributed by atoms with E-state index in [2.05, 4.69) is 5.32 Å². The van der Waals surface area contributed by atoms with E-state index < -0.39 is 10.0 Å². The summed E-state index contributed by atoms with van der Waals surface area (Å²) in [6, 6.07) is 3.38. The van der Waals surface area contributed by atoms with E-state index in [4.69, 9.17) is 4.74 Å². The van der Waals surface area contributed by atoms with Crippen molar-refractivity contribution in [1.29, 1.82) is 0 Å². The molecule has 0 radical (unpaired) electrons. The van der Waals surface area contributed by atoms with Gasteiger partial charge in [0.05, 0.1) is 16.5 Å². The number of carbonyl (C=O) groups is 2. The van der Waals surface area contributed by atoms with Crippen molar-refractivity contribution in [3.8, 4) is 5.75 Å². The summed E-state index contributed by atoms with van der Waals surface area (Å²) in [6.07, 6.45) is 6.94. The number of carbonyl (C=O) groups excluding carboxylic acids is 2. The van der Waals surface area contributed by atoms with Crippen LogP contribution in [0.25, 0.3) is 0 Å². The topological polar surface area (TPSA) is 96.0 Å². The highest BCUT2D eigenvalue weighted by atomic mass is 32.2. The molecular weight excluding hydrogens is 418 g/mol. The Hall–Kier alpha value is -2.13. The van der Waals surface area contributed by atoms with Crippen molar-refractivity contribution in [2.24, 2.45) is 5.92 Å². The molecule has 0 unspecified atom stereocenters. The van der Waals surface area contributed by atoms with Crippen molar-refractivity contribution in [3.63, 3.8) is 0 Å². The number of anilines is 1. The van der Waals surface area contributed by atoms with Gasteiger partial charge in [0.15, 0.2) is 6.61 Å². The zero-order valence-electron chi connectivity index (χ0n) is 18.2. The molecule has 2 amide bonds. The Morgan fingerprint density at radius 1 is 1.16 bits per heavy atom. The molecule has 1 atom stereocenters. The molecule has 1 saturated carbocycles. The van der Waals surface area contributed by atoms with E-state index in [1.165, 1.54) is 16.8 Å². The van der Waals surface area contributed by atoms with E-state index in [0.717, 1.165) is 25.7 Å². The molecule has 4 rings (SSSR count). The van der Waals surface area contributed by atoms with Crippen LogP contribution >= 0.6 is 0 Å². The normalized spacial score (nSPS) is 22.9. The van der Waals surface area contributed by atoms with Gasteiger partial charge in [0.25, 0.3) is 5.91 Å². The summed E-state index contributed by atoms with van der Waals surface area (Å²) >= 11 is 0. The van der Waals surface area contributed by atoms with Gasteiger partial charge in [-0.05, 0) is 44.2 Å². The van der Waals surface area contributed by atoms with E-state index in [1.807, 2.05) is 11.9 Å². The third-order valence-corrected chi connectivity index (χ3v) is 8.74. The van der Waals surface area contributed by atoms with E-state index in [0.29, 0.717) is 36.4 Å². The lowest BCUT2D eigenvalue weighted by Crippen LogP contribution is -2.48. The molecule has 0 bridgehead atoms. The summed E-state index contributed by atoms with van der Waals surface area (Å²) in [5.41, 5.74) is 1.02. The van der Waals surface area contributed by atoms with Gasteiger partial charge in [0.1, 0.15) is 5.75 Å². The molecule has 1 N–H and O–H groups in total. The number of ether oxygens (including phenoxy) is 1. The van der Waals surface area contributed by atoms with Crippen LogP contribution in [-0.4, -0.2) is 62.2 Å². The fraction of sp³-hybridized carbons (Fsp3) is 0.636. The summed E-state index contributed by atoms with van der Waals surface area (Å²) in [5, 5.41) is 2.70. The van der Waals surface area contributed by atoms with Crippen LogP contribution in [0.15, 0.2) is 17.0 Å². The first-order valence-electron chi connectivity index (χ1n) is 11.1. The Morgan fingerprint density at radius 3 is 2.65 bits per heavy atom. The molecule has 1 saturated heterocycles. The first-order valence-corrected chi connectivity index (χ1v) is 12.6. The number of fused-ring (bicyclic) bond motifs is 1. The second-order valence-electron chi connectivity index (χ2n) is 8.89. The predicted molar refractivity (Wildman–Crippen MR) is 116 cm³/mol. The number of amides is 2. The van der Waals surface area contributed by atoms with Crippen LogP contribution in [0, 0.1) is 12.8 Å². The highest BCUT2D eigenvalue weighted by Gasteiger charge is 2.37. The third-order valence-electron chi connectivity index (χ3n) is 6.73. The number of hydrogen-bond donors (Lipinski definition) is 1. The lowest BCUT2D eigenvalue weighted by Gasteiger charge is -2.37. The van der Waals surface area contributed by atoms with Gasteiger partial charge in [-0.2, -0.15) is 4.31 Å². The van der Waals surface area contributed by atoms with Crippen LogP contribution in [0.3, 0.4) is 0 Å². The molecule has 31 heavy (non-hydrogen) atoms. The van der Waals surface area contributed by atoms with Gasteiger partial charge in [-0.3, -0.25) is 9.59 Å². The zero-order valence-corrected chi connectivity index (χ0v) is 19.0. The van der Waals surface area contributed by atoms with Gasteiger partial charge in [0, 0.05) is 32.2 Å². The Bertz CT molecular complexity index is 972. The Balaban J connectivity index is 1.52. The number of piperidine rings is 1. The average Bonchev–Trinajstić information content (AvgIpc) is 2.78. The van der Waals surface area contributed by atoms with Crippen molar-refractivity contribution in [3.05, 3.63) is 17.7 Å². The van der Waals surface area contributed by atoms with Crippen LogP contribution in [0.2, 0.25) is 0 Å². The highest BCUT2D eigenvalue weighted by Crippen LogP contribution is 2.35. The van der Waals surface area contributed by atoms with Crippen molar-refractivity contribution in [1.82, 2.24) is 9.21 Å². The van der Waals surface area contributed by atoms with Gasteiger partial charge >= 0.3 is 0 Å². The summed E-state index contributed by atoms with van der Waals surface area (Å²) in [5.74, 6) is -0.170. The molecule has 1 aromatic rings. The SMILES string of the molecule is Cc1cc2c(cc1S(=O)(=O)N1CCC[C@H](C(=O)N(C)C3CCCCC3)C1)OCC(=O)N2. The Kier molecular flexibility index (Phi) is 6.25. The first-order chi connectivity index (χ1) is 14.8. The number of rotatable bonds is 4. The molecule has 2 aliphatic heterocycles. The maximum atomic E-state index is 13.5. The first kappa shape index (κ1) is 22.1. The van der Waals surface area contributed by atoms with Crippen LogP contribution in [0.5, 0.6) is 5.75 Å². The number of nitrogens with zero attached hydrogens (tertiary/aromatic N) is 2. The number of aryl methyl sites for hydroxylation is 1. The number of nitrogens with one attached hydrogen (secondary N) is 1. The third kappa shape index (κ3) is 4.43. The molecule has 1 aliphatic carbocycles. The largest absolute Gasteiger partial charge is 0.482 e. The van der Waals surface area contributed by atoms with E-state index >= 15 is 0 Å². The van der Waals surface area contributed by atoms with Crippen LogP contribution in [0.1, 0.15) is 50.5 Å². The fourth-order valence-corrected chi connectivity index (χ4v) is 6.68. The number of benzene rings is 1. The smallest absolute Gasteiger partial charge is 0.262 e.